The van der Waals surface area contributed by atoms with Gasteiger partial charge in [-0.25, -0.2) is 8.42 Å². The molecule has 0 aromatic rings. The zero-order chi connectivity index (χ0) is 23.1. The second-order valence-corrected chi connectivity index (χ2v) is 8.21. The van der Waals surface area contributed by atoms with E-state index in [0.29, 0.717) is 0 Å². The van der Waals surface area contributed by atoms with Gasteiger partial charge in [0.25, 0.3) is 0 Å². The summed E-state index contributed by atoms with van der Waals surface area (Å²) in [5, 5.41) is 0. The van der Waals surface area contributed by atoms with Gasteiger partial charge in [-0.2, -0.15) is 13.2 Å². The Morgan fingerprint density at radius 1 is 0.862 bits per heavy atom. The van der Waals surface area contributed by atoms with E-state index in [1.54, 1.807) is 0 Å². The van der Waals surface area contributed by atoms with Crippen LogP contribution in [-0.4, -0.2) is 78.6 Å². The van der Waals surface area contributed by atoms with E-state index in [-0.39, 0.29) is 0 Å². The van der Waals surface area contributed by atoms with Crippen molar-refractivity contribution in [3.8, 4) is 0 Å². The molecule has 0 atom stereocenters. The largest absolute Gasteiger partial charge is 0.741 e. The van der Waals surface area contributed by atoms with Gasteiger partial charge in [-0.3, -0.25) is 14.4 Å². The summed E-state index contributed by atoms with van der Waals surface area (Å²) >= 11 is 0. The molecule has 6 nitrogen and oxygen atoms in total. The Balaban J connectivity index is 0. The Bertz CT molecular complexity index is 541. The van der Waals surface area contributed by atoms with E-state index in [4.69, 9.17) is 13.0 Å². The number of guanidine groups is 1. The van der Waals surface area contributed by atoms with E-state index >= 15 is 0 Å². The quantitative estimate of drug-likeness (QED) is 0.157. The van der Waals surface area contributed by atoms with Crippen molar-refractivity contribution in [2.24, 2.45) is 0 Å². The highest BCUT2D eigenvalue weighted by Gasteiger charge is 2.36. The van der Waals surface area contributed by atoms with Gasteiger partial charge in [0.1, 0.15) is 0 Å². The predicted octanol–water partition coefficient (Wildman–Crippen LogP) is 4.08. The summed E-state index contributed by atoms with van der Waals surface area (Å²) in [6.07, 6.45) is 7.66. The number of halogens is 3. The number of nitrogens with zero attached hydrogens (tertiary/aromatic N) is 3. The Morgan fingerprint density at radius 3 is 1.52 bits per heavy atom. The molecule has 10 heteroatoms. The molecule has 0 saturated carbocycles. The molecule has 0 heterocycles. The van der Waals surface area contributed by atoms with Gasteiger partial charge in [0.05, 0.1) is 39.8 Å². The number of unbranched alkanes of at least 4 members (excludes halogenated alkanes) is 3. The van der Waals surface area contributed by atoms with Crippen molar-refractivity contribution in [3.05, 3.63) is 0 Å². The van der Waals surface area contributed by atoms with E-state index in [1.165, 1.54) is 57.6 Å². The fourth-order valence-corrected chi connectivity index (χ4v) is 2.69. The average molecular weight is 448 g/mol. The number of rotatable bonds is 11. The lowest BCUT2D eigenvalue weighted by Crippen LogP contribution is -2.50. The maximum Gasteiger partial charge on any atom is 0.485 e. The maximum atomic E-state index is 10.7. The number of alkyl halides is 3. The summed E-state index contributed by atoms with van der Waals surface area (Å²) in [7, 11) is -3.82. The van der Waals surface area contributed by atoms with Crippen LogP contribution >= 0.6 is 0 Å². The lowest BCUT2D eigenvalue weighted by Gasteiger charge is -2.29. The van der Waals surface area contributed by atoms with Gasteiger partial charge in [-0.15, -0.1) is 0 Å². The standard InChI is InChI=1S/C18H40N3.CHF3O3S/c1-7-12-15-19(6)18(20(10-4)11-5)21(16-13-8-2)17-14-9-3;2-1(3,4)8(5,6)7/h7-17H2,1-6H3;(H,5,6,7)/q+1;/p-1. The van der Waals surface area contributed by atoms with Gasteiger partial charge >= 0.3 is 11.5 Å². The molecule has 29 heavy (non-hydrogen) atoms. The minimum Gasteiger partial charge on any atom is -0.741 e. The lowest BCUT2D eigenvalue weighted by molar-refractivity contribution is -0.508. The monoisotopic (exact) mass is 447 g/mol. The molecule has 0 unspecified atom stereocenters. The summed E-state index contributed by atoms with van der Waals surface area (Å²) in [6, 6.07) is 0. The van der Waals surface area contributed by atoms with Crippen LogP contribution in [0.3, 0.4) is 0 Å². The van der Waals surface area contributed by atoms with Crippen molar-refractivity contribution in [3.63, 3.8) is 0 Å². The van der Waals surface area contributed by atoms with Crippen LogP contribution in [0.25, 0.3) is 0 Å². The normalized spacial score (nSPS) is 12.8. The first-order chi connectivity index (χ1) is 13.4. The van der Waals surface area contributed by atoms with Crippen molar-refractivity contribution in [2.75, 3.05) is 39.8 Å². The summed E-state index contributed by atoms with van der Waals surface area (Å²) in [5.41, 5.74) is -5.65. The van der Waals surface area contributed by atoms with Crippen LogP contribution in [0.5, 0.6) is 0 Å². The van der Waals surface area contributed by atoms with Gasteiger partial charge in [0, 0.05) is 0 Å². The van der Waals surface area contributed by atoms with Crippen molar-refractivity contribution in [1.82, 2.24) is 9.80 Å². The molecule has 0 aliphatic heterocycles. The van der Waals surface area contributed by atoms with Gasteiger partial charge in [0.15, 0.2) is 10.1 Å². The smallest absolute Gasteiger partial charge is 0.485 e. The summed E-state index contributed by atoms with van der Waals surface area (Å²) < 4.78 is 61.4. The van der Waals surface area contributed by atoms with E-state index in [9.17, 15) is 13.2 Å². The van der Waals surface area contributed by atoms with Crippen molar-refractivity contribution < 1.29 is 30.7 Å². The third-order valence-corrected chi connectivity index (χ3v) is 4.93. The predicted molar refractivity (Wildman–Crippen MR) is 111 cm³/mol. The van der Waals surface area contributed by atoms with Crippen LogP contribution in [0.15, 0.2) is 0 Å². The van der Waals surface area contributed by atoms with Crippen LogP contribution in [0.2, 0.25) is 0 Å². The maximum absolute atomic E-state index is 10.7. The summed E-state index contributed by atoms with van der Waals surface area (Å²) in [4.78, 5) is 5.16. The number of hydrogen-bond donors (Lipinski definition) is 0. The van der Waals surface area contributed by atoms with Crippen LogP contribution in [0, 0.1) is 0 Å². The van der Waals surface area contributed by atoms with Crippen LogP contribution < -0.4 is 0 Å². The molecule has 0 saturated heterocycles. The molecule has 0 amide bonds. The van der Waals surface area contributed by atoms with Crippen LogP contribution in [0.1, 0.15) is 73.1 Å². The van der Waals surface area contributed by atoms with Crippen LogP contribution in [0.4, 0.5) is 13.2 Å². The third-order valence-electron chi connectivity index (χ3n) is 4.36. The average Bonchev–Trinajstić information content (AvgIpc) is 2.63. The molecule has 0 N–H and O–H groups in total. The molecule has 176 valence electrons. The molecule has 0 spiro atoms. The van der Waals surface area contributed by atoms with Crippen molar-refractivity contribution >= 4 is 16.1 Å². The van der Waals surface area contributed by atoms with E-state index in [2.05, 4.69) is 56.0 Å². The van der Waals surface area contributed by atoms with Crippen molar-refractivity contribution in [1.29, 1.82) is 0 Å². The molecule has 0 bridgehead atoms. The zero-order valence-electron chi connectivity index (χ0n) is 18.9. The van der Waals surface area contributed by atoms with Gasteiger partial charge in [0.2, 0.25) is 0 Å². The van der Waals surface area contributed by atoms with E-state index in [1.807, 2.05) is 0 Å². The molecular weight excluding hydrogens is 407 g/mol. The number of hydrogen-bond acceptors (Lipinski definition) is 3. The second kappa shape index (κ2) is 15.8. The van der Waals surface area contributed by atoms with E-state index < -0.39 is 15.6 Å². The minimum absolute atomic E-state index is 1.09. The first kappa shape index (κ1) is 30.2. The molecule has 0 aliphatic rings. The Labute approximate surface area is 175 Å². The molecular formula is C19H40F3N3O3S. The summed E-state index contributed by atoms with van der Waals surface area (Å²) in [6.45, 7) is 17.1. The Kier molecular flexibility index (Phi) is 16.4. The topological polar surface area (TPSA) is 66.7 Å². The third kappa shape index (κ3) is 13.0. The molecule has 0 rings (SSSR count). The molecule has 0 aromatic carbocycles. The van der Waals surface area contributed by atoms with Gasteiger partial charge in [-0.1, -0.05) is 40.0 Å². The van der Waals surface area contributed by atoms with Crippen molar-refractivity contribution in [2.45, 2.75) is 78.7 Å². The Morgan fingerprint density at radius 2 is 1.24 bits per heavy atom. The fraction of sp³-hybridized carbons (Fsp3) is 0.947. The molecule has 0 aromatic heterocycles. The lowest BCUT2D eigenvalue weighted by atomic mass is 10.2. The molecule has 0 radical (unpaired) electrons. The summed E-state index contributed by atoms with van der Waals surface area (Å²) in [5.74, 6) is 1.45. The SMILES string of the molecule is CCCCN(CCCC)C(N(CC)CC)=[N+](C)CCCC.O=S(=O)([O-])C(F)(F)F. The molecule has 0 fully saturated rings. The highest BCUT2D eigenvalue weighted by Crippen LogP contribution is 2.20. The highest BCUT2D eigenvalue weighted by atomic mass is 32.2. The van der Waals surface area contributed by atoms with E-state index in [0.717, 1.165) is 19.6 Å². The second-order valence-electron chi connectivity index (χ2n) is 6.84. The minimum atomic E-state index is -6.09. The first-order valence-electron chi connectivity index (χ1n) is 10.5. The first-order valence-corrected chi connectivity index (χ1v) is 11.9. The van der Waals surface area contributed by atoms with Gasteiger partial charge < -0.3 is 4.55 Å². The zero-order valence-corrected chi connectivity index (χ0v) is 19.7. The molecule has 0 aliphatic carbocycles. The van der Waals surface area contributed by atoms with Crippen LogP contribution in [-0.2, 0) is 10.1 Å². The fourth-order valence-electron chi connectivity index (χ4n) is 2.69. The van der Waals surface area contributed by atoms with Gasteiger partial charge in [-0.05, 0) is 33.1 Å². The highest BCUT2D eigenvalue weighted by molar-refractivity contribution is 7.86. The Hall–Kier alpha value is -1.03.